The largest absolute Gasteiger partial charge is 0.478 e. The van der Waals surface area contributed by atoms with Crippen LogP contribution in [0.3, 0.4) is 0 Å². The molecular formula is C10H20N2O. The molecule has 0 aromatic rings. The van der Waals surface area contributed by atoms with E-state index < -0.39 is 0 Å². The summed E-state index contributed by atoms with van der Waals surface area (Å²) in [5.41, 5.74) is 2.16. The monoisotopic (exact) mass is 184 g/mol. The smallest absolute Gasteiger partial charge is 0.213 e. The first-order valence-corrected chi connectivity index (χ1v) is 4.62. The Morgan fingerprint density at radius 2 is 2.00 bits per heavy atom. The maximum Gasteiger partial charge on any atom is 0.213 e. The first-order chi connectivity index (χ1) is 6.17. The Hall–Kier alpha value is -0.990. The molecule has 0 aromatic carbocycles. The van der Waals surface area contributed by atoms with Crippen LogP contribution in [-0.4, -0.2) is 26.6 Å². The second kappa shape index (κ2) is 6.52. The molecule has 0 bridgehead atoms. The van der Waals surface area contributed by atoms with Gasteiger partial charge >= 0.3 is 0 Å². The third-order valence-corrected chi connectivity index (χ3v) is 1.90. The lowest BCUT2D eigenvalue weighted by Crippen LogP contribution is -2.14. The number of rotatable bonds is 4. The number of nitrogens with zero attached hydrogens (tertiary/aromatic N) is 1. The van der Waals surface area contributed by atoms with Gasteiger partial charge in [-0.1, -0.05) is 6.92 Å². The Bertz CT molecular complexity index is 207. The molecule has 0 heterocycles. The quantitative estimate of drug-likeness (QED) is 0.535. The molecule has 0 fully saturated rings. The molecule has 0 unspecified atom stereocenters. The number of allylic oxidation sites excluding steroid dienone is 1. The fraction of sp³-hybridized carbons (Fsp3) is 0.700. The van der Waals surface area contributed by atoms with Crippen LogP contribution in [0.4, 0.5) is 0 Å². The molecule has 3 nitrogen and oxygen atoms in total. The van der Waals surface area contributed by atoms with Crippen molar-refractivity contribution < 1.29 is 4.74 Å². The lowest BCUT2D eigenvalue weighted by molar-refractivity contribution is 0.304. The van der Waals surface area contributed by atoms with Crippen molar-refractivity contribution >= 4 is 5.90 Å². The zero-order chi connectivity index (χ0) is 10.3. The van der Waals surface area contributed by atoms with Crippen LogP contribution in [0.1, 0.15) is 27.2 Å². The summed E-state index contributed by atoms with van der Waals surface area (Å²) < 4.78 is 5.48. The molecule has 0 amide bonds. The minimum atomic E-state index is 0.723. The Morgan fingerprint density at radius 3 is 2.38 bits per heavy atom. The predicted molar refractivity (Wildman–Crippen MR) is 57.0 cm³/mol. The molecule has 0 rings (SSSR count). The number of hydrogen-bond donors (Lipinski definition) is 1. The fourth-order valence-corrected chi connectivity index (χ4v) is 0.887. The summed E-state index contributed by atoms with van der Waals surface area (Å²) in [4.78, 5) is 4.09. The van der Waals surface area contributed by atoms with Gasteiger partial charge in [-0.25, -0.2) is 0 Å². The number of ether oxygens (including phenoxy) is 1. The van der Waals surface area contributed by atoms with Crippen molar-refractivity contribution in [3.05, 3.63) is 11.3 Å². The highest BCUT2D eigenvalue weighted by Gasteiger charge is 2.04. The summed E-state index contributed by atoms with van der Waals surface area (Å²) in [6, 6.07) is 0. The van der Waals surface area contributed by atoms with Crippen molar-refractivity contribution in [2.75, 3.05) is 20.7 Å². The van der Waals surface area contributed by atoms with Crippen LogP contribution >= 0.6 is 0 Å². The van der Waals surface area contributed by atoms with Crippen LogP contribution in [0.15, 0.2) is 16.3 Å². The summed E-state index contributed by atoms with van der Waals surface area (Å²) in [5, 5.41) is 3.07. The van der Waals surface area contributed by atoms with Gasteiger partial charge in [0.2, 0.25) is 5.90 Å². The Morgan fingerprint density at radius 1 is 1.38 bits per heavy atom. The number of hydrogen-bond acceptors (Lipinski definition) is 3. The topological polar surface area (TPSA) is 33.6 Å². The van der Waals surface area contributed by atoms with E-state index in [0.717, 1.165) is 30.2 Å². The van der Waals surface area contributed by atoms with Crippen molar-refractivity contribution in [1.82, 2.24) is 5.32 Å². The van der Waals surface area contributed by atoms with E-state index in [-0.39, 0.29) is 0 Å². The SMILES string of the molecule is CCCOC(=N/C)/C(C)=C(\C)NC. The summed E-state index contributed by atoms with van der Waals surface area (Å²) in [7, 11) is 3.64. The molecule has 0 aliphatic heterocycles. The molecule has 0 radical (unpaired) electrons. The normalized spacial score (nSPS) is 13.8. The second-order valence-corrected chi connectivity index (χ2v) is 2.88. The average molecular weight is 184 g/mol. The van der Waals surface area contributed by atoms with Gasteiger partial charge in [-0.2, -0.15) is 0 Å². The lowest BCUT2D eigenvalue weighted by Gasteiger charge is -2.10. The van der Waals surface area contributed by atoms with Crippen molar-refractivity contribution in [2.24, 2.45) is 4.99 Å². The van der Waals surface area contributed by atoms with Gasteiger partial charge in [0.05, 0.1) is 6.61 Å². The van der Waals surface area contributed by atoms with Gasteiger partial charge in [0.25, 0.3) is 0 Å². The molecule has 13 heavy (non-hydrogen) atoms. The van der Waals surface area contributed by atoms with Crippen LogP contribution in [0.25, 0.3) is 0 Å². The van der Waals surface area contributed by atoms with Crippen LogP contribution < -0.4 is 5.32 Å². The van der Waals surface area contributed by atoms with E-state index in [0.29, 0.717) is 0 Å². The van der Waals surface area contributed by atoms with Crippen molar-refractivity contribution in [2.45, 2.75) is 27.2 Å². The summed E-state index contributed by atoms with van der Waals surface area (Å²) in [5.74, 6) is 0.730. The second-order valence-electron chi connectivity index (χ2n) is 2.88. The van der Waals surface area contributed by atoms with Crippen molar-refractivity contribution in [3.8, 4) is 0 Å². The van der Waals surface area contributed by atoms with Gasteiger partial charge in [-0.3, -0.25) is 4.99 Å². The van der Waals surface area contributed by atoms with Gasteiger partial charge in [0, 0.05) is 25.4 Å². The van der Waals surface area contributed by atoms with E-state index in [1.54, 1.807) is 7.05 Å². The van der Waals surface area contributed by atoms with Crippen molar-refractivity contribution in [3.63, 3.8) is 0 Å². The van der Waals surface area contributed by atoms with Crippen LogP contribution in [0.5, 0.6) is 0 Å². The molecule has 0 aromatic heterocycles. The molecule has 0 saturated heterocycles. The van der Waals surface area contributed by atoms with E-state index in [2.05, 4.69) is 17.2 Å². The van der Waals surface area contributed by atoms with Gasteiger partial charge in [0.1, 0.15) is 0 Å². The Kier molecular flexibility index (Phi) is 6.02. The molecular weight excluding hydrogens is 164 g/mol. The maximum atomic E-state index is 5.48. The number of nitrogens with one attached hydrogen (secondary N) is 1. The van der Waals surface area contributed by atoms with Crippen LogP contribution in [-0.2, 0) is 4.74 Å². The van der Waals surface area contributed by atoms with Gasteiger partial charge in [-0.15, -0.1) is 0 Å². The predicted octanol–water partition coefficient (Wildman–Crippen LogP) is 1.95. The molecule has 0 spiro atoms. The van der Waals surface area contributed by atoms with E-state index in [9.17, 15) is 0 Å². The average Bonchev–Trinajstić information content (AvgIpc) is 2.17. The number of aliphatic imine (C=N–C) groups is 1. The zero-order valence-corrected chi connectivity index (χ0v) is 9.27. The highest BCUT2D eigenvalue weighted by Crippen LogP contribution is 2.04. The van der Waals surface area contributed by atoms with Gasteiger partial charge < -0.3 is 10.1 Å². The molecule has 0 aliphatic rings. The fourth-order valence-electron chi connectivity index (χ4n) is 0.887. The summed E-state index contributed by atoms with van der Waals surface area (Å²) in [6.45, 7) is 6.82. The molecule has 0 aliphatic carbocycles. The minimum absolute atomic E-state index is 0.723. The Balaban J connectivity index is 4.42. The van der Waals surface area contributed by atoms with Crippen molar-refractivity contribution in [1.29, 1.82) is 0 Å². The van der Waals surface area contributed by atoms with E-state index >= 15 is 0 Å². The third kappa shape index (κ3) is 3.97. The molecule has 1 N–H and O–H groups in total. The van der Waals surface area contributed by atoms with Crippen LogP contribution in [0, 0.1) is 0 Å². The summed E-state index contributed by atoms with van der Waals surface area (Å²) >= 11 is 0. The standard InChI is InChI=1S/C10H20N2O/c1-6-7-13-10(12-5)8(2)9(3)11-4/h11H,6-7H2,1-5H3/b9-8+,12-10+. The van der Waals surface area contributed by atoms with Gasteiger partial charge in [0.15, 0.2) is 0 Å². The van der Waals surface area contributed by atoms with E-state index in [4.69, 9.17) is 4.74 Å². The zero-order valence-electron chi connectivity index (χ0n) is 9.27. The van der Waals surface area contributed by atoms with E-state index in [1.807, 2.05) is 20.9 Å². The molecule has 0 atom stereocenters. The molecule has 3 heteroatoms. The highest BCUT2D eigenvalue weighted by molar-refractivity contribution is 5.93. The first-order valence-electron chi connectivity index (χ1n) is 4.62. The third-order valence-electron chi connectivity index (χ3n) is 1.90. The van der Waals surface area contributed by atoms with Gasteiger partial charge in [-0.05, 0) is 20.3 Å². The lowest BCUT2D eigenvalue weighted by atomic mass is 10.2. The first kappa shape index (κ1) is 12.0. The molecule has 0 saturated carbocycles. The Labute approximate surface area is 80.9 Å². The highest BCUT2D eigenvalue weighted by atomic mass is 16.5. The summed E-state index contributed by atoms with van der Waals surface area (Å²) in [6.07, 6.45) is 1.00. The van der Waals surface area contributed by atoms with E-state index in [1.165, 1.54) is 0 Å². The molecule has 76 valence electrons. The maximum absolute atomic E-state index is 5.48. The van der Waals surface area contributed by atoms with Crippen LogP contribution in [0.2, 0.25) is 0 Å². The minimum Gasteiger partial charge on any atom is -0.478 e.